The van der Waals surface area contributed by atoms with Crippen LogP contribution in [0, 0.1) is 0 Å². The molecule has 3 saturated heterocycles. The van der Waals surface area contributed by atoms with E-state index >= 15 is 0 Å². The minimum atomic E-state index is -1.63. The van der Waals surface area contributed by atoms with Gasteiger partial charge in [-0.2, -0.15) is 5.10 Å². The van der Waals surface area contributed by atoms with E-state index in [0.717, 1.165) is 34.0 Å². The van der Waals surface area contributed by atoms with Gasteiger partial charge in [0.1, 0.15) is 23.8 Å². The number of alkyl carbamates (subject to hydrolysis) is 1. The number of carbonyl (C=O) groups is 4. The molecule has 1 N–H and O–H groups in total. The number of nitrogens with one attached hydrogen (secondary N) is 1. The molecule has 0 bridgehead atoms. The number of nitrogens with zero attached hydrogens (tertiary/aromatic N) is 4. The normalized spacial score (nSPS) is 21.1. The van der Waals surface area contributed by atoms with Crippen molar-refractivity contribution < 1.29 is 33.4 Å². The van der Waals surface area contributed by atoms with Crippen LogP contribution in [0.25, 0.3) is 0 Å². The van der Waals surface area contributed by atoms with Crippen LogP contribution < -0.4 is 10.1 Å². The Morgan fingerprint density at radius 2 is 1.53 bits per heavy atom. The summed E-state index contributed by atoms with van der Waals surface area (Å²) >= 11 is 1.11. The number of carbonyl (C=O) groups excluding carboxylic acids is 4. The lowest BCUT2D eigenvalue weighted by Gasteiger charge is -2.40. The van der Waals surface area contributed by atoms with E-state index in [9.17, 15) is 19.2 Å². The molecule has 0 spiro atoms. The molecule has 7 rings (SSSR count). The highest BCUT2D eigenvalue weighted by atomic mass is 32.2. The minimum Gasteiger partial charge on any atom is -0.497 e. The summed E-state index contributed by atoms with van der Waals surface area (Å²) in [6, 6.07) is 33.6. The van der Waals surface area contributed by atoms with Crippen LogP contribution in [0.4, 0.5) is 9.59 Å². The fourth-order valence-corrected chi connectivity index (χ4v) is 7.94. The number of hydrogen-bond acceptors (Lipinski definition) is 9. The third-order valence-corrected chi connectivity index (χ3v) is 10.6. The van der Waals surface area contributed by atoms with Crippen LogP contribution in [0.5, 0.6) is 5.75 Å². The first-order valence-electron chi connectivity index (χ1n) is 16.4. The Labute approximate surface area is 298 Å². The molecule has 0 aromatic heterocycles. The van der Waals surface area contributed by atoms with Crippen LogP contribution in [0.3, 0.4) is 0 Å². The predicted octanol–water partition coefficient (Wildman–Crippen LogP) is 5.01. The lowest BCUT2D eigenvalue weighted by Crippen LogP contribution is -2.67. The van der Waals surface area contributed by atoms with Gasteiger partial charge in [-0.05, 0) is 34.4 Å². The van der Waals surface area contributed by atoms with Crippen LogP contribution in [-0.4, -0.2) is 88.1 Å². The number of thioether (sulfide) groups is 1. The van der Waals surface area contributed by atoms with Crippen LogP contribution in [-0.2, 0) is 25.7 Å². The number of hydrazone groups is 1. The lowest BCUT2D eigenvalue weighted by atomic mass is 10.0. The van der Waals surface area contributed by atoms with E-state index in [1.807, 2.05) is 91.0 Å². The van der Waals surface area contributed by atoms with Crippen LogP contribution in [0.15, 0.2) is 120 Å². The summed E-state index contributed by atoms with van der Waals surface area (Å²) in [5.74, 6) is -0.405. The van der Waals surface area contributed by atoms with E-state index in [1.165, 1.54) is 14.8 Å². The zero-order chi connectivity index (χ0) is 35.4. The number of β-lactam (4-membered cyclic amide) rings is 1. The molecule has 0 aliphatic carbocycles. The van der Waals surface area contributed by atoms with Crippen molar-refractivity contribution in [2.24, 2.45) is 5.10 Å². The van der Waals surface area contributed by atoms with Crippen molar-refractivity contribution in [3.8, 4) is 5.75 Å². The van der Waals surface area contributed by atoms with Crippen molar-refractivity contribution in [3.63, 3.8) is 0 Å². The molecule has 12 nitrogen and oxygen atoms in total. The molecule has 3 heterocycles. The van der Waals surface area contributed by atoms with Crippen LogP contribution >= 0.6 is 11.8 Å². The molecule has 3 aliphatic heterocycles. The summed E-state index contributed by atoms with van der Waals surface area (Å²) in [5, 5.41) is 7.73. The first kappa shape index (κ1) is 33.7. The summed E-state index contributed by atoms with van der Waals surface area (Å²) in [7, 11) is 1.56. The van der Waals surface area contributed by atoms with E-state index in [4.69, 9.17) is 14.2 Å². The van der Waals surface area contributed by atoms with Gasteiger partial charge < -0.3 is 24.4 Å². The van der Waals surface area contributed by atoms with Gasteiger partial charge in [0.2, 0.25) is 10.8 Å². The summed E-state index contributed by atoms with van der Waals surface area (Å²) in [4.78, 5) is 56.3. The number of rotatable bonds is 11. The molecule has 4 aromatic carbocycles. The van der Waals surface area contributed by atoms with Gasteiger partial charge in [-0.15, -0.1) is 0 Å². The smallest absolute Gasteiger partial charge is 0.408 e. The molecule has 51 heavy (non-hydrogen) atoms. The van der Waals surface area contributed by atoms with E-state index in [-0.39, 0.29) is 26.2 Å². The van der Waals surface area contributed by atoms with E-state index in [0.29, 0.717) is 5.75 Å². The average Bonchev–Trinajstić information content (AvgIpc) is 3.74. The highest BCUT2D eigenvalue weighted by molar-refractivity contribution is 8.02. The van der Waals surface area contributed by atoms with Crippen molar-refractivity contribution in [1.82, 2.24) is 20.1 Å². The van der Waals surface area contributed by atoms with E-state index < -0.39 is 46.4 Å². The number of fused-ring (bicyclic) bond motifs is 1. The Kier molecular flexibility index (Phi) is 9.62. The van der Waals surface area contributed by atoms with Gasteiger partial charge in [-0.1, -0.05) is 115 Å². The van der Waals surface area contributed by atoms with Gasteiger partial charge in [-0.3, -0.25) is 9.69 Å². The van der Waals surface area contributed by atoms with Crippen LogP contribution in [0.1, 0.15) is 28.4 Å². The molecule has 0 saturated carbocycles. The molecule has 0 radical (unpaired) electrons. The number of hydrogen-bond donors (Lipinski definition) is 1. The van der Waals surface area contributed by atoms with E-state index in [2.05, 4.69) is 10.4 Å². The third kappa shape index (κ3) is 6.84. The number of esters is 1. The topological polar surface area (TPSA) is 130 Å². The molecule has 4 amide bonds. The summed E-state index contributed by atoms with van der Waals surface area (Å²) < 4.78 is 16.9. The number of amides is 4. The maximum Gasteiger partial charge on any atom is 0.408 e. The first-order chi connectivity index (χ1) is 24.9. The lowest BCUT2D eigenvalue weighted by molar-refractivity contribution is -0.157. The maximum absolute atomic E-state index is 14.6. The summed E-state index contributed by atoms with van der Waals surface area (Å²) in [6.45, 7) is 0.232. The fourth-order valence-electron chi connectivity index (χ4n) is 6.26. The molecule has 3 fully saturated rings. The molecule has 4 aromatic rings. The van der Waals surface area contributed by atoms with Crippen molar-refractivity contribution >= 4 is 42.0 Å². The molecular weight excluding hydrogens is 671 g/mol. The van der Waals surface area contributed by atoms with Gasteiger partial charge in [0, 0.05) is 6.54 Å². The van der Waals surface area contributed by atoms with Crippen molar-refractivity contribution in [1.29, 1.82) is 0 Å². The quantitative estimate of drug-likeness (QED) is 0.131. The van der Waals surface area contributed by atoms with Crippen molar-refractivity contribution in [2.45, 2.75) is 29.0 Å². The zero-order valence-electron chi connectivity index (χ0n) is 27.7. The number of benzene rings is 4. The SMILES string of the molecule is COc1ccc(COC(=O)N[C@@H]2C(=O)N3C[C@@](C(=O)OC(c4ccccc4)c4ccccc4)(N4CCN(/N=C/c5ccccc5)C4=O)S[C@H]23)cc1. The van der Waals surface area contributed by atoms with E-state index in [1.54, 1.807) is 37.6 Å². The van der Waals surface area contributed by atoms with Crippen molar-refractivity contribution in [2.75, 3.05) is 26.7 Å². The molecular formula is C38H35N5O7S. The first-order valence-corrected chi connectivity index (χ1v) is 17.3. The summed E-state index contributed by atoms with van der Waals surface area (Å²) in [5.41, 5.74) is 3.04. The monoisotopic (exact) mass is 705 g/mol. The second-order valence-corrected chi connectivity index (χ2v) is 13.5. The van der Waals surface area contributed by atoms with Gasteiger partial charge in [-0.25, -0.2) is 19.4 Å². The molecule has 3 aliphatic rings. The predicted molar refractivity (Wildman–Crippen MR) is 190 cm³/mol. The molecule has 0 unspecified atom stereocenters. The summed E-state index contributed by atoms with van der Waals surface area (Å²) in [6.07, 6.45) is 0.0213. The minimum absolute atomic E-state index is 0.0174. The number of urea groups is 1. The number of methoxy groups -OCH3 is 1. The van der Waals surface area contributed by atoms with Gasteiger partial charge in [0.15, 0.2) is 6.10 Å². The second-order valence-electron chi connectivity index (χ2n) is 12.1. The van der Waals surface area contributed by atoms with Crippen molar-refractivity contribution in [3.05, 3.63) is 138 Å². The largest absolute Gasteiger partial charge is 0.497 e. The van der Waals surface area contributed by atoms with Crippen LogP contribution in [0.2, 0.25) is 0 Å². The standard InChI is InChI=1S/C38H35N5O7S/c1-48-30-19-17-27(18-20-30)24-49-36(46)40-31-33(44)41-25-38(51-34(31)41,42-21-22-43(37(42)47)39-23-26-11-5-2-6-12-26)35(45)50-32(28-13-7-3-8-14-28)29-15-9-4-10-16-29/h2-20,23,31-32,34H,21-22,24-25H2,1H3,(H,40,46)/b39-23+/t31-,34-,38-/m1/s1. The molecule has 260 valence electrons. The highest BCUT2D eigenvalue weighted by Gasteiger charge is 2.67. The third-order valence-electron chi connectivity index (χ3n) is 8.96. The Morgan fingerprint density at radius 1 is 0.902 bits per heavy atom. The zero-order valence-corrected chi connectivity index (χ0v) is 28.5. The Hall–Kier alpha value is -5.82. The Bertz CT molecular complexity index is 1880. The molecule has 13 heteroatoms. The Morgan fingerprint density at radius 3 is 2.16 bits per heavy atom. The molecule has 3 atom stereocenters. The van der Waals surface area contributed by atoms with Gasteiger partial charge in [0.25, 0.3) is 0 Å². The average molecular weight is 706 g/mol. The highest BCUT2D eigenvalue weighted by Crippen LogP contribution is 2.51. The fraction of sp³-hybridized carbons (Fsp3) is 0.237. The number of ether oxygens (including phenoxy) is 3. The Balaban J connectivity index is 1.13. The maximum atomic E-state index is 14.6. The van der Waals surface area contributed by atoms with Gasteiger partial charge >= 0.3 is 18.1 Å². The van der Waals surface area contributed by atoms with Gasteiger partial charge in [0.05, 0.1) is 26.4 Å². The second kappa shape index (κ2) is 14.6.